The summed E-state index contributed by atoms with van der Waals surface area (Å²) in [6.45, 7) is 2.01. The van der Waals surface area contributed by atoms with E-state index < -0.39 is 0 Å². The summed E-state index contributed by atoms with van der Waals surface area (Å²) in [6.07, 6.45) is 0.411. The molecule has 0 unspecified atom stereocenters. The van der Waals surface area contributed by atoms with Crippen molar-refractivity contribution in [2.45, 2.75) is 13.3 Å². The number of halogens is 1. The Morgan fingerprint density at radius 2 is 1.95 bits per heavy atom. The van der Waals surface area contributed by atoms with Crippen LogP contribution >= 0.6 is 15.9 Å². The van der Waals surface area contributed by atoms with E-state index in [9.17, 15) is 0 Å². The topological polar surface area (TPSA) is 36.9 Å². The number of furan rings is 1. The Balaban J connectivity index is 2.32. The lowest BCUT2D eigenvalue weighted by molar-refractivity contribution is 0.586. The smallest absolute Gasteiger partial charge is 0.178 e. The van der Waals surface area contributed by atoms with Crippen molar-refractivity contribution in [3.8, 4) is 17.2 Å². The van der Waals surface area contributed by atoms with Crippen LogP contribution in [-0.4, -0.2) is 0 Å². The largest absolute Gasteiger partial charge is 0.448 e. The Hall–Kier alpha value is -2.05. The van der Waals surface area contributed by atoms with Crippen LogP contribution in [0.4, 0.5) is 0 Å². The predicted molar refractivity (Wildman–Crippen MR) is 83.4 cm³/mol. The quantitative estimate of drug-likeness (QED) is 0.646. The van der Waals surface area contributed by atoms with E-state index in [2.05, 4.69) is 34.1 Å². The first-order valence-corrected chi connectivity index (χ1v) is 7.14. The minimum atomic E-state index is 0.411. The van der Waals surface area contributed by atoms with Crippen LogP contribution in [0, 0.1) is 18.3 Å². The highest BCUT2D eigenvalue weighted by atomic mass is 79.9. The maximum absolute atomic E-state index is 8.89. The van der Waals surface area contributed by atoms with Gasteiger partial charge in [-0.05, 0) is 45.6 Å². The molecule has 0 spiro atoms. The third kappa shape index (κ3) is 2.13. The second-order valence-electron chi connectivity index (χ2n) is 4.74. The Morgan fingerprint density at radius 1 is 1.20 bits per heavy atom. The van der Waals surface area contributed by atoms with Crippen LogP contribution in [0.1, 0.15) is 11.1 Å². The molecular formula is C17H12BrNO. The molecule has 1 aromatic heterocycles. The molecule has 0 N–H and O–H groups in total. The van der Waals surface area contributed by atoms with Gasteiger partial charge in [0, 0.05) is 10.9 Å². The van der Waals surface area contributed by atoms with Gasteiger partial charge in [-0.15, -0.1) is 0 Å². The molecule has 3 heteroatoms. The number of hydrogen-bond acceptors (Lipinski definition) is 2. The number of fused-ring (bicyclic) bond motifs is 1. The minimum Gasteiger partial charge on any atom is -0.448 e. The summed E-state index contributed by atoms with van der Waals surface area (Å²) < 4.78 is 6.58. The average molecular weight is 326 g/mol. The van der Waals surface area contributed by atoms with Gasteiger partial charge in [-0.3, -0.25) is 0 Å². The summed E-state index contributed by atoms with van der Waals surface area (Å²) in [5, 5.41) is 9.94. The van der Waals surface area contributed by atoms with Crippen molar-refractivity contribution >= 4 is 26.9 Å². The zero-order valence-electron chi connectivity index (χ0n) is 11.0. The molecule has 3 rings (SSSR count). The fraction of sp³-hybridized carbons (Fsp3) is 0.118. The van der Waals surface area contributed by atoms with Crippen LogP contribution in [0.5, 0.6) is 0 Å². The third-order valence-electron chi connectivity index (χ3n) is 3.34. The number of aryl methyl sites for hydroxylation is 1. The second kappa shape index (κ2) is 5.15. The molecule has 98 valence electrons. The minimum absolute atomic E-state index is 0.411. The van der Waals surface area contributed by atoms with Crippen molar-refractivity contribution in [3.05, 3.63) is 58.3 Å². The highest BCUT2D eigenvalue weighted by molar-refractivity contribution is 9.10. The molecule has 3 aromatic rings. The number of benzene rings is 2. The van der Waals surface area contributed by atoms with Gasteiger partial charge in [0.25, 0.3) is 0 Å². The highest BCUT2D eigenvalue weighted by Crippen LogP contribution is 2.39. The molecule has 2 aromatic carbocycles. The first-order valence-electron chi connectivity index (χ1n) is 6.34. The number of hydrogen-bond donors (Lipinski definition) is 0. The molecule has 0 saturated heterocycles. The van der Waals surface area contributed by atoms with E-state index in [1.165, 1.54) is 0 Å². The van der Waals surface area contributed by atoms with Crippen molar-refractivity contribution in [1.29, 1.82) is 5.26 Å². The molecule has 0 amide bonds. The van der Waals surface area contributed by atoms with Crippen molar-refractivity contribution in [3.63, 3.8) is 0 Å². The van der Waals surface area contributed by atoms with Crippen LogP contribution in [0.2, 0.25) is 0 Å². The molecule has 0 aliphatic rings. The molecule has 20 heavy (non-hydrogen) atoms. The normalized spacial score (nSPS) is 10.7. The number of rotatable bonds is 2. The summed E-state index contributed by atoms with van der Waals surface area (Å²) in [5.74, 6) is 0. The summed E-state index contributed by atoms with van der Waals surface area (Å²) in [4.78, 5) is 0. The van der Waals surface area contributed by atoms with Crippen molar-refractivity contribution in [2.24, 2.45) is 0 Å². The average Bonchev–Trinajstić information content (AvgIpc) is 2.77. The van der Waals surface area contributed by atoms with Gasteiger partial charge in [0.2, 0.25) is 0 Å². The van der Waals surface area contributed by atoms with E-state index in [4.69, 9.17) is 9.68 Å². The van der Waals surface area contributed by atoms with Crippen LogP contribution in [-0.2, 0) is 6.42 Å². The number of nitrogens with zero attached hydrogens (tertiary/aromatic N) is 1. The monoisotopic (exact) mass is 325 g/mol. The zero-order valence-corrected chi connectivity index (χ0v) is 12.6. The second-order valence-corrected chi connectivity index (χ2v) is 5.46. The van der Waals surface area contributed by atoms with Gasteiger partial charge < -0.3 is 4.42 Å². The maximum Gasteiger partial charge on any atom is 0.178 e. The zero-order chi connectivity index (χ0) is 14.1. The summed E-state index contributed by atoms with van der Waals surface area (Å²) in [6, 6.07) is 16.4. The lowest BCUT2D eigenvalue weighted by atomic mass is 10.00. The molecule has 0 atom stereocenters. The molecule has 0 aliphatic carbocycles. The van der Waals surface area contributed by atoms with Gasteiger partial charge >= 0.3 is 0 Å². The van der Waals surface area contributed by atoms with E-state index in [0.717, 1.165) is 37.9 Å². The summed E-state index contributed by atoms with van der Waals surface area (Å²) >= 11 is 3.51. The van der Waals surface area contributed by atoms with Gasteiger partial charge in [-0.25, -0.2) is 0 Å². The Labute approximate surface area is 125 Å². The van der Waals surface area contributed by atoms with E-state index >= 15 is 0 Å². The first kappa shape index (κ1) is 13.0. The van der Waals surface area contributed by atoms with Gasteiger partial charge in [0.05, 0.1) is 12.5 Å². The maximum atomic E-state index is 8.89. The third-order valence-corrected chi connectivity index (χ3v) is 3.90. The van der Waals surface area contributed by atoms with Crippen LogP contribution < -0.4 is 0 Å². The highest BCUT2D eigenvalue weighted by Gasteiger charge is 2.16. The van der Waals surface area contributed by atoms with Crippen molar-refractivity contribution < 1.29 is 4.42 Å². The van der Waals surface area contributed by atoms with E-state index in [1.807, 2.05) is 37.3 Å². The van der Waals surface area contributed by atoms with Crippen LogP contribution in [0.3, 0.4) is 0 Å². The molecule has 1 heterocycles. The SMILES string of the molecule is Cc1cc(CC#N)cc2c(-c3ccccc3)c(Br)oc12. The lowest BCUT2D eigenvalue weighted by Gasteiger charge is -2.02. The molecule has 0 radical (unpaired) electrons. The standard InChI is InChI=1S/C17H12BrNO/c1-11-9-12(7-8-19)10-14-15(17(18)20-16(11)14)13-5-3-2-4-6-13/h2-6,9-10H,7H2,1H3. The molecule has 0 fully saturated rings. The molecule has 2 nitrogen and oxygen atoms in total. The van der Waals surface area contributed by atoms with Gasteiger partial charge in [-0.2, -0.15) is 5.26 Å². The molecule has 0 bridgehead atoms. The van der Waals surface area contributed by atoms with Gasteiger partial charge in [0.1, 0.15) is 5.58 Å². The van der Waals surface area contributed by atoms with E-state index in [0.29, 0.717) is 6.42 Å². The number of nitriles is 1. The van der Waals surface area contributed by atoms with Gasteiger partial charge in [-0.1, -0.05) is 36.4 Å². The first-order chi connectivity index (χ1) is 9.70. The van der Waals surface area contributed by atoms with E-state index in [-0.39, 0.29) is 0 Å². The fourth-order valence-electron chi connectivity index (χ4n) is 2.48. The lowest BCUT2D eigenvalue weighted by Crippen LogP contribution is -1.85. The molecule has 0 saturated carbocycles. The van der Waals surface area contributed by atoms with Gasteiger partial charge in [0.15, 0.2) is 4.67 Å². The van der Waals surface area contributed by atoms with Crippen LogP contribution in [0.15, 0.2) is 51.6 Å². The van der Waals surface area contributed by atoms with Crippen LogP contribution in [0.25, 0.3) is 22.1 Å². The van der Waals surface area contributed by atoms with Crippen molar-refractivity contribution in [2.75, 3.05) is 0 Å². The molecular weight excluding hydrogens is 314 g/mol. The molecule has 0 aliphatic heterocycles. The van der Waals surface area contributed by atoms with E-state index in [1.54, 1.807) is 0 Å². The summed E-state index contributed by atoms with van der Waals surface area (Å²) in [7, 11) is 0. The predicted octanol–water partition coefficient (Wildman–Crippen LogP) is 5.24. The summed E-state index contributed by atoms with van der Waals surface area (Å²) in [5.41, 5.74) is 5.09. The fourth-order valence-corrected chi connectivity index (χ4v) is 3.09. The Kier molecular flexibility index (Phi) is 3.33. The Morgan fingerprint density at radius 3 is 2.65 bits per heavy atom. The Bertz CT molecular complexity index is 812. The van der Waals surface area contributed by atoms with Crippen molar-refractivity contribution in [1.82, 2.24) is 0 Å².